The third-order valence-corrected chi connectivity index (χ3v) is 3.07. The standard InChI is InChI=1S/C17H26O3/c1-5-6-7-9-19-16(18)13-17(11-14(2)3)12-15(4)8-10-20-17/h7-10,12,14H,5-6,11,13H2,1-4H3. The number of allylic oxidation sites excluding steroid dienone is 3. The van der Waals surface area contributed by atoms with Crippen molar-refractivity contribution < 1.29 is 14.3 Å². The van der Waals surface area contributed by atoms with Crippen LogP contribution in [0.2, 0.25) is 0 Å². The first-order valence-corrected chi connectivity index (χ1v) is 7.36. The van der Waals surface area contributed by atoms with E-state index in [2.05, 4.69) is 20.8 Å². The van der Waals surface area contributed by atoms with Gasteiger partial charge in [-0.15, -0.1) is 0 Å². The molecule has 0 spiro atoms. The van der Waals surface area contributed by atoms with Crippen molar-refractivity contribution in [2.45, 2.75) is 59.0 Å². The van der Waals surface area contributed by atoms with Gasteiger partial charge >= 0.3 is 5.97 Å². The molecule has 0 saturated heterocycles. The highest BCUT2D eigenvalue weighted by atomic mass is 16.5. The molecule has 0 aromatic carbocycles. The lowest BCUT2D eigenvalue weighted by atomic mass is 9.86. The van der Waals surface area contributed by atoms with Crippen LogP contribution in [0.25, 0.3) is 0 Å². The molecule has 1 unspecified atom stereocenters. The molecule has 3 nitrogen and oxygen atoms in total. The molecule has 3 heteroatoms. The van der Waals surface area contributed by atoms with Crippen LogP contribution in [0, 0.1) is 5.92 Å². The van der Waals surface area contributed by atoms with Crippen molar-refractivity contribution in [1.29, 1.82) is 0 Å². The maximum atomic E-state index is 12.0. The van der Waals surface area contributed by atoms with Gasteiger partial charge < -0.3 is 9.47 Å². The van der Waals surface area contributed by atoms with Crippen molar-refractivity contribution in [2.75, 3.05) is 0 Å². The molecule has 0 fully saturated rings. The van der Waals surface area contributed by atoms with Gasteiger partial charge in [-0.05, 0) is 49.5 Å². The van der Waals surface area contributed by atoms with Gasteiger partial charge in [-0.1, -0.05) is 27.2 Å². The molecule has 0 aliphatic carbocycles. The first kappa shape index (κ1) is 16.5. The van der Waals surface area contributed by atoms with Crippen molar-refractivity contribution in [3.05, 3.63) is 36.3 Å². The van der Waals surface area contributed by atoms with Crippen LogP contribution in [0.4, 0.5) is 0 Å². The van der Waals surface area contributed by atoms with Gasteiger partial charge in [-0.2, -0.15) is 0 Å². The summed E-state index contributed by atoms with van der Waals surface area (Å²) in [5.41, 5.74) is 0.550. The minimum absolute atomic E-state index is 0.239. The average molecular weight is 278 g/mol. The van der Waals surface area contributed by atoms with Gasteiger partial charge in [0.25, 0.3) is 0 Å². The Balaban J connectivity index is 2.66. The molecular formula is C17H26O3. The number of esters is 1. The molecule has 0 aromatic heterocycles. The van der Waals surface area contributed by atoms with E-state index in [9.17, 15) is 4.79 Å². The van der Waals surface area contributed by atoms with E-state index in [-0.39, 0.29) is 12.4 Å². The van der Waals surface area contributed by atoms with Crippen LogP contribution in [-0.4, -0.2) is 11.6 Å². The maximum Gasteiger partial charge on any atom is 0.314 e. The van der Waals surface area contributed by atoms with Crippen LogP contribution in [0.15, 0.2) is 36.3 Å². The first-order valence-electron chi connectivity index (χ1n) is 7.36. The van der Waals surface area contributed by atoms with Crippen molar-refractivity contribution >= 4 is 5.97 Å². The second kappa shape index (κ2) is 7.93. The Bertz CT molecular complexity index is 404. The SMILES string of the molecule is CCCC=COC(=O)CC1(CC(C)C)C=C(C)C=CO1. The van der Waals surface area contributed by atoms with Crippen LogP contribution in [0.1, 0.15) is 53.4 Å². The molecular weight excluding hydrogens is 252 g/mol. The lowest BCUT2D eigenvalue weighted by Crippen LogP contribution is -2.35. The highest BCUT2D eigenvalue weighted by Crippen LogP contribution is 2.32. The minimum Gasteiger partial charge on any atom is -0.490 e. The monoisotopic (exact) mass is 278 g/mol. The van der Waals surface area contributed by atoms with E-state index < -0.39 is 5.60 Å². The summed E-state index contributed by atoms with van der Waals surface area (Å²) >= 11 is 0. The van der Waals surface area contributed by atoms with E-state index in [1.54, 1.807) is 6.26 Å². The van der Waals surface area contributed by atoms with Crippen LogP contribution >= 0.6 is 0 Å². The lowest BCUT2D eigenvalue weighted by Gasteiger charge is -2.33. The van der Waals surface area contributed by atoms with Gasteiger partial charge in [0.1, 0.15) is 5.60 Å². The molecule has 0 bridgehead atoms. The van der Waals surface area contributed by atoms with Gasteiger partial charge in [-0.25, -0.2) is 0 Å². The van der Waals surface area contributed by atoms with Gasteiger partial charge in [-0.3, -0.25) is 4.79 Å². The van der Waals surface area contributed by atoms with Crippen LogP contribution in [0.3, 0.4) is 0 Å². The average Bonchev–Trinajstić information content (AvgIpc) is 2.33. The van der Waals surface area contributed by atoms with Crippen molar-refractivity contribution in [3.8, 4) is 0 Å². The Kier molecular flexibility index (Phi) is 6.56. The largest absolute Gasteiger partial charge is 0.490 e. The lowest BCUT2D eigenvalue weighted by molar-refractivity contribution is -0.142. The molecule has 0 saturated carbocycles. The third kappa shape index (κ3) is 5.64. The number of ether oxygens (including phenoxy) is 2. The highest BCUT2D eigenvalue weighted by Gasteiger charge is 2.34. The molecule has 20 heavy (non-hydrogen) atoms. The van der Waals surface area contributed by atoms with Gasteiger partial charge in [0.2, 0.25) is 0 Å². The zero-order chi connectivity index (χ0) is 15.0. The molecule has 1 aliphatic heterocycles. The number of hydrogen-bond donors (Lipinski definition) is 0. The van der Waals surface area contributed by atoms with E-state index >= 15 is 0 Å². The van der Waals surface area contributed by atoms with Crippen molar-refractivity contribution in [3.63, 3.8) is 0 Å². The summed E-state index contributed by atoms with van der Waals surface area (Å²) in [7, 11) is 0. The molecule has 0 radical (unpaired) electrons. The van der Waals surface area contributed by atoms with Gasteiger partial charge in [0.15, 0.2) is 0 Å². The fourth-order valence-electron chi connectivity index (χ4n) is 2.38. The van der Waals surface area contributed by atoms with E-state index in [1.165, 1.54) is 6.26 Å². The second-order valence-electron chi connectivity index (χ2n) is 5.80. The summed E-state index contributed by atoms with van der Waals surface area (Å²) in [5, 5.41) is 0. The van der Waals surface area contributed by atoms with Crippen LogP contribution in [0.5, 0.6) is 0 Å². The first-order chi connectivity index (χ1) is 9.47. The Hall–Kier alpha value is -1.51. The maximum absolute atomic E-state index is 12.0. The molecule has 1 aliphatic rings. The fraction of sp³-hybridized carbons (Fsp3) is 0.588. The van der Waals surface area contributed by atoms with E-state index in [0.717, 1.165) is 24.8 Å². The number of rotatable bonds is 7. The molecule has 0 amide bonds. The Labute approximate surface area is 122 Å². The van der Waals surface area contributed by atoms with Gasteiger partial charge in [0.05, 0.1) is 18.9 Å². The molecule has 1 heterocycles. The van der Waals surface area contributed by atoms with Crippen LogP contribution in [-0.2, 0) is 14.3 Å². The number of carbonyl (C=O) groups is 1. The van der Waals surface area contributed by atoms with Crippen molar-refractivity contribution in [1.82, 2.24) is 0 Å². The summed E-state index contributed by atoms with van der Waals surface area (Å²) in [5.74, 6) is 0.186. The predicted octanol–water partition coefficient (Wildman–Crippen LogP) is 4.51. The Morgan fingerprint density at radius 3 is 2.85 bits per heavy atom. The zero-order valence-corrected chi connectivity index (χ0v) is 13.0. The van der Waals surface area contributed by atoms with E-state index in [1.807, 2.05) is 25.2 Å². The minimum atomic E-state index is -0.567. The van der Waals surface area contributed by atoms with E-state index in [4.69, 9.17) is 9.47 Å². The summed E-state index contributed by atoms with van der Waals surface area (Å²) in [4.78, 5) is 12.0. The normalized spacial score (nSPS) is 21.9. The zero-order valence-electron chi connectivity index (χ0n) is 13.0. The molecule has 0 N–H and O–H groups in total. The van der Waals surface area contributed by atoms with Crippen LogP contribution < -0.4 is 0 Å². The molecule has 0 aromatic rings. The second-order valence-corrected chi connectivity index (χ2v) is 5.80. The topological polar surface area (TPSA) is 35.5 Å². The highest BCUT2D eigenvalue weighted by molar-refractivity contribution is 5.72. The number of hydrogen-bond acceptors (Lipinski definition) is 3. The molecule has 112 valence electrons. The van der Waals surface area contributed by atoms with Gasteiger partial charge in [0, 0.05) is 0 Å². The summed E-state index contributed by atoms with van der Waals surface area (Å²) in [6.07, 6.45) is 12.0. The molecule has 1 rings (SSSR count). The number of unbranched alkanes of at least 4 members (excludes halogenated alkanes) is 1. The molecule has 1 atom stereocenters. The third-order valence-electron chi connectivity index (χ3n) is 3.07. The summed E-state index contributed by atoms with van der Waals surface area (Å²) in [6, 6.07) is 0. The van der Waals surface area contributed by atoms with E-state index in [0.29, 0.717) is 5.92 Å². The van der Waals surface area contributed by atoms with Crippen molar-refractivity contribution in [2.24, 2.45) is 5.92 Å². The summed E-state index contributed by atoms with van der Waals surface area (Å²) in [6.45, 7) is 8.35. The quantitative estimate of drug-likeness (QED) is 0.508. The summed E-state index contributed by atoms with van der Waals surface area (Å²) < 4.78 is 10.9. The fourth-order valence-corrected chi connectivity index (χ4v) is 2.38. The predicted molar refractivity (Wildman–Crippen MR) is 80.9 cm³/mol. The Morgan fingerprint density at radius 1 is 1.50 bits per heavy atom. The number of carbonyl (C=O) groups excluding carboxylic acids is 1. The smallest absolute Gasteiger partial charge is 0.314 e. The Morgan fingerprint density at radius 2 is 2.25 bits per heavy atom.